The SMILES string of the molecule is C[C@]12C=CC(=O)C=C1[C@@H](F)C[C@@]1(C)[C@@H]3C[C@H]4O[C@@H](c5ccc(Cc6ccc(N)cc6)c(O)c5)O[C@@]4(C(=O)CO)[C@@]3(C)C[C@H](O)[C@]21F. The molecule has 0 bridgehead atoms. The van der Waals surface area contributed by atoms with Gasteiger partial charge in [-0.3, -0.25) is 9.59 Å². The van der Waals surface area contributed by atoms with Crippen LogP contribution in [0.25, 0.3) is 0 Å². The number of fused-ring (bicyclic) bond motifs is 7. The van der Waals surface area contributed by atoms with Gasteiger partial charge in [-0.15, -0.1) is 0 Å². The van der Waals surface area contributed by atoms with Crippen molar-refractivity contribution in [2.45, 2.75) is 82.4 Å². The summed E-state index contributed by atoms with van der Waals surface area (Å²) in [5, 5.41) is 33.0. The number of benzene rings is 2. The molecule has 0 unspecified atom stereocenters. The number of ketones is 2. The second kappa shape index (κ2) is 10.0. The number of hydrogen-bond acceptors (Lipinski definition) is 8. The molecular formula is C36H39F2NO7. The molecule has 0 radical (unpaired) electrons. The van der Waals surface area contributed by atoms with E-state index in [4.69, 9.17) is 15.2 Å². The zero-order valence-corrected chi connectivity index (χ0v) is 26.0. The number of rotatable bonds is 5. The molecule has 10 atom stereocenters. The van der Waals surface area contributed by atoms with E-state index in [-0.39, 0.29) is 30.6 Å². The molecule has 3 saturated carbocycles. The normalized spacial score (nSPS) is 42.5. The van der Waals surface area contributed by atoms with E-state index in [9.17, 15) is 24.9 Å². The largest absolute Gasteiger partial charge is 0.508 e. The van der Waals surface area contributed by atoms with E-state index in [0.717, 1.165) is 11.6 Å². The van der Waals surface area contributed by atoms with Gasteiger partial charge in [-0.2, -0.15) is 0 Å². The molecule has 4 fully saturated rings. The molecule has 0 aromatic heterocycles. The Hall–Kier alpha value is -3.44. The predicted octanol–water partition coefficient (Wildman–Crippen LogP) is 4.60. The summed E-state index contributed by atoms with van der Waals surface area (Å²) in [4.78, 5) is 26.0. The minimum atomic E-state index is -2.39. The number of halogens is 2. The molecule has 1 heterocycles. The number of aliphatic hydroxyl groups excluding tert-OH is 2. The van der Waals surface area contributed by atoms with Gasteiger partial charge in [0, 0.05) is 33.9 Å². The lowest BCUT2D eigenvalue weighted by Gasteiger charge is -2.68. The van der Waals surface area contributed by atoms with Gasteiger partial charge in [0.05, 0.1) is 12.2 Å². The molecule has 2 aromatic rings. The van der Waals surface area contributed by atoms with E-state index < -0.39 is 76.3 Å². The fourth-order valence-electron chi connectivity index (χ4n) is 10.1. The second-order valence-corrected chi connectivity index (χ2v) is 14.5. The number of aromatic hydroxyl groups is 1. The van der Waals surface area contributed by atoms with Crippen LogP contribution in [0, 0.1) is 22.2 Å². The molecule has 1 aliphatic heterocycles. The third-order valence-corrected chi connectivity index (χ3v) is 12.3. The number of Topliss-reactive ketones (excluding diaryl/α,β-unsaturated/α-hetero) is 1. The lowest BCUT2D eigenvalue weighted by Crippen LogP contribution is -2.74. The molecule has 5 aliphatic rings. The third-order valence-electron chi connectivity index (χ3n) is 12.3. The van der Waals surface area contributed by atoms with Gasteiger partial charge >= 0.3 is 0 Å². The molecule has 46 heavy (non-hydrogen) atoms. The number of hydrogen-bond donors (Lipinski definition) is 4. The van der Waals surface area contributed by atoms with Gasteiger partial charge in [-0.1, -0.05) is 44.2 Å². The first kappa shape index (κ1) is 31.2. The number of nitrogens with two attached hydrogens (primary N) is 1. The Kier molecular flexibility index (Phi) is 6.80. The van der Waals surface area contributed by atoms with Crippen LogP contribution in [-0.4, -0.2) is 63.1 Å². The van der Waals surface area contributed by atoms with Crippen molar-refractivity contribution in [3.05, 3.63) is 83.0 Å². The Morgan fingerprint density at radius 2 is 1.80 bits per heavy atom. The summed E-state index contributed by atoms with van der Waals surface area (Å²) in [7, 11) is 0. The predicted molar refractivity (Wildman–Crippen MR) is 164 cm³/mol. The van der Waals surface area contributed by atoms with Crippen molar-refractivity contribution in [1.29, 1.82) is 0 Å². The summed E-state index contributed by atoms with van der Waals surface area (Å²) in [6, 6.07) is 12.3. The smallest absolute Gasteiger partial charge is 0.193 e. The highest BCUT2D eigenvalue weighted by Gasteiger charge is 2.83. The van der Waals surface area contributed by atoms with Crippen molar-refractivity contribution in [1.82, 2.24) is 0 Å². The van der Waals surface area contributed by atoms with Crippen molar-refractivity contribution in [3.8, 4) is 5.75 Å². The topological polar surface area (TPSA) is 139 Å². The van der Waals surface area contributed by atoms with Crippen LogP contribution < -0.4 is 5.73 Å². The average Bonchev–Trinajstić information content (AvgIpc) is 3.52. The summed E-state index contributed by atoms with van der Waals surface area (Å²) in [5.41, 5.74) is -0.0597. The van der Waals surface area contributed by atoms with E-state index in [2.05, 4.69) is 0 Å². The van der Waals surface area contributed by atoms with Crippen molar-refractivity contribution >= 4 is 17.3 Å². The Labute approximate surface area is 265 Å². The molecule has 244 valence electrons. The van der Waals surface area contributed by atoms with Crippen LogP contribution in [0.5, 0.6) is 5.75 Å². The van der Waals surface area contributed by atoms with Crippen molar-refractivity contribution < 1.29 is 43.2 Å². The molecule has 10 heteroatoms. The molecule has 2 aromatic carbocycles. The van der Waals surface area contributed by atoms with Gasteiger partial charge < -0.3 is 30.5 Å². The minimum absolute atomic E-state index is 0.000310. The van der Waals surface area contributed by atoms with Crippen molar-refractivity contribution in [2.75, 3.05) is 12.3 Å². The molecule has 8 nitrogen and oxygen atoms in total. The number of carbonyl (C=O) groups is 2. The Morgan fingerprint density at radius 3 is 2.48 bits per heavy atom. The van der Waals surface area contributed by atoms with Crippen LogP contribution in [0.3, 0.4) is 0 Å². The van der Waals surface area contributed by atoms with Gasteiger partial charge in [0.25, 0.3) is 0 Å². The van der Waals surface area contributed by atoms with E-state index in [1.165, 1.54) is 25.1 Å². The molecule has 4 aliphatic carbocycles. The Morgan fingerprint density at radius 1 is 1.09 bits per heavy atom. The van der Waals surface area contributed by atoms with Crippen LogP contribution in [0.15, 0.2) is 66.3 Å². The van der Waals surface area contributed by atoms with Gasteiger partial charge in [0.15, 0.2) is 29.1 Å². The molecule has 1 saturated heterocycles. The number of carbonyl (C=O) groups excluding carboxylic acids is 2. The first-order valence-electron chi connectivity index (χ1n) is 15.7. The van der Waals surface area contributed by atoms with Gasteiger partial charge in [0.1, 0.15) is 18.5 Å². The van der Waals surface area contributed by atoms with Gasteiger partial charge in [-0.25, -0.2) is 8.78 Å². The molecule has 7 rings (SSSR count). The number of allylic oxidation sites excluding steroid dienone is 4. The standard InChI is InChI=1S/C36H39F2NO7/c1-32-11-10-23(41)14-24(32)25(37)16-34(3)27-15-30-35(29(44)18-40,33(27,2)17-28(43)36(32,34)38)46-31(45-30)21-7-6-20(26(42)13-21)12-19-4-8-22(39)9-5-19/h4-11,13-14,25,27-28,30-31,40,42-43H,12,15-18,39H2,1-3H3/t25-,27+,28-,30+,31+,32-,33-,34-,35+,36-/m0/s1. The van der Waals surface area contributed by atoms with Crippen molar-refractivity contribution in [3.63, 3.8) is 0 Å². The quantitative estimate of drug-likeness (QED) is 0.350. The van der Waals surface area contributed by atoms with E-state index in [1.807, 2.05) is 12.1 Å². The van der Waals surface area contributed by atoms with Crippen LogP contribution in [0.4, 0.5) is 14.5 Å². The summed E-state index contributed by atoms with van der Waals surface area (Å²) < 4.78 is 46.9. The summed E-state index contributed by atoms with van der Waals surface area (Å²) in [6.07, 6.45) is -1.62. The van der Waals surface area contributed by atoms with E-state index in [0.29, 0.717) is 23.2 Å². The molecule has 0 amide bonds. The number of phenolic OH excluding ortho intramolecular Hbond substituents is 1. The number of phenols is 1. The zero-order valence-electron chi connectivity index (χ0n) is 26.0. The van der Waals surface area contributed by atoms with Crippen LogP contribution in [0.2, 0.25) is 0 Å². The lowest BCUT2D eigenvalue weighted by atomic mass is 9.38. The van der Waals surface area contributed by atoms with E-state index in [1.54, 1.807) is 38.1 Å². The highest BCUT2D eigenvalue weighted by molar-refractivity contribution is 6.01. The summed E-state index contributed by atoms with van der Waals surface area (Å²) in [5.74, 6) is -1.80. The fraction of sp³-hybridized carbons (Fsp3) is 0.500. The summed E-state index contributed by atoms with van der Waals surface area (Å²) >= 11 is 0. The average molecular weight is 636 g/mol. The highest BCUT2D eigenvalue weighted by atomic mass is 19.1. The molecule has 5 N–H and O–H groups in total. The summed E-state index contributed by atoms with van der Waals surface area (Å²) in [6.45, 7) is 3.99. The fourth-order valence-corrected chi connectivity index (χ4v) is 10.1. The number of alkyl halides is 2. The van der Waals surface area contributed by atoms with Gasteiger partial charge in [-0.05, 0) is 79.2 Å². The first-order valence-corrected chi connectivity index (χ1v) is 15.7. The van der Waals surface area contributed by atoms with Crippen LogP contribution in [0.1, 0.15) is 63.0 Å². The second-order valence-electron chi connectivity index (χ2n) is 14.5. The minimum Gasteiger partial charge on any atom is -0.508 e. The third kappa shape index (κ3) is 3.78. The number of aliphatic hydroxyl groups is 2. The maximum atomic E-state index is 17.9. The van der Waals surface area contributed by atoms with E-state index >= 15 is 8.78 Å². The van der Waals surface area contributed by atoms with Gasteiger partial charge in [0.2, 0.25) is 0 Å². The first-order chi connectivity index (χ1) is 21.6. The Balaban J connectivity index is 1.25. The maximum Gasteiger partial charge on any atom is 0.193 e. The lowest BCUT2D eigenvalue weighted by molar-refractivity contribution is -0.269. The zero-order chi connectivity index (χ0) is 33.0. The van der Waals surface area contributed by atoms with Crippen LogP contribution >= 0.6 is 0 Å². The van der Waals surface area contributed by atoms with Crippen molar-refractivity contribution in [2.24, 2.45) is 22.2 Å². The Bertz CT molecular complexity index is 1690. The number of anilines is 1. The van der Waals surface area contributed by atoms with Crippen LogP contribution in [-0.2, 0) is 25.5 Å². The maximum absolute atomic E-state index is 17.9. The highest BCUT2D eigenvalue weighted by Crippen LogP contribution is 2.76. The molecule has 0 spiro atoms. The number of ether oxygens (including phenoxy) is 2. The monoisotopic (exact) mass is 635 g/mol. The molecular weight excluding hydrogens is 596 g/mol. The number of nitrogen functional groups attached to an aromatic ring is 1.